The molecule has 0 aromatic heterocycles. The van der Waals surface area contributed by atoms with Gasteiger partial charge in [-0.2, -0.15) is 0 Å². The number of anilines is 2. The van der Waals surface area contributed by atoms with Gasteiger partial charge in [0, 0.05) is 22.8 Å². The zero-order valence-electron chi connectivity index (χ0n) is 12.5. The zero-order chi connectivity index (χ0) is 16.1. The van der Waals surface area contributed by atoms with Gasteiger partial charge in [0.1, 0.15) is 6.54 Å². The molecule has 0 saturated carbocycles. The molecule has 2 amide bonds. The second kappa shape index (κ2) is 7.22. The molecule has 2 rings (SSSR count). The van der Waals surface area contributed by atoms with Gasteiger partial charge in [0.15, 0.2) is 0 Å². The molecule has 0 aliphatic carbocycles. The summed E-state index contributed by atoms with van der Waals surface area (Å²) in [6, 6.07) is 14.7. The second-order valence-electron chi connectivity index (χ2n) is 4.95. The van der Waals surface area contributed by atoms with Gasteiger partial charge >= 0.3 is 0 Å². The molecule has 0 spiro atoms. The number of nitrogens with one attached hydrogen (secondary N) is 1. The highest BCUT2D eigenvalue weighted by Crippen LogP contribution is 2.23. The van der Waals surface area contributed by atoms with Crippen LogP contribution in [0.5, 0.6) is 0 Å². The molecule has 0 heterocycles. The average molecular weight is 361 g/mol. The van der Waals surface area contributed by atoms with Crippen LogP contribution >= 0.6 is 15.9 Å². The van der Waals surface area contributed by atoms with E-state index in [0.29, 0.717) is 11.4 Å². The minimum Gasteiger partial charge on any atom is -0.325 e. The van der Waals surface area contributed by atoms with Crippen LogP contribution in [-0.2, 0) is 9.59 Å². The Balaban J connectivity index is 2.13. The molecule has 0 unspecified atom stereocenters. The molecule has 0 aliphatic heterocycles. The number of aryl methyl sites for hydroxylation is 1. The highest BCUT2D eigenvalue weighted by Gasteiger charge is 2.16. The first-order valence-corrected chi connectivity index (χ1v) is 7.66. The first-order chi connectivity index (χ1) is 10.5. The fourth-order valence-electron chi connectivity index (χ4n) is 2.00. The highest BCUT2D eigenvalue weighted by atomic mass is 79.9. The van der Waals surface area contributed by atoms with E-state index in [4.69, 9.17) is 0 Å². The van der Waals surface area contributed by atoms with Crippen LogP contribution in [0.3, 0.4) is 0 Å². The largest absolute Gasteiger partial charge is 0.325 e. The molecule has 114 valence electrons. The quantitative estimate of drug-likeness (QED) is 0.902. The van der Waals surface area contributed by atoms with Crippen molar-refractivity contribution in [3.05, 3.63) is 58.6 Å². The summed E-state index contributed by atoms with van der Waals surface area (Å²) in [6.07, 6.45) is 0. The Morgan fingerprint density at radius 3 is 2.41 bits per heavy atom. The van der Waals surface area contributed by atoms with Crippen molar-refractivity contribution in [3.8, 4) is 0 Å². The molecule has 0 atom stereocenters. The highest BCUT2D eigenvalue weighted by molar-refractivity contribution is 9.10. The van der Waals surface area contributed by atoms with Crippen molar-refractivity contribution in [1.82, 2.24) is 0 Å². The lowest BCUT2D eigenvalue weighted by Gasteiger charge is -2.21. The van der Waals surface area contributed by atoms with Gasteiger partial charge in [0.2, 0.25) is 11.8 Å². The SMILES string of the molecule is CC(=O)N(CC(=O)Nc1ccccc1)c1ccc(C)c(Br)c1. The number of rotatable bonds is 4. The maximum Gasteiger partial charge on any atom is 0.244 e. The number of amides is 2. The van der Waals surface area contributed by atoms with Gasteiger partial charge in [-0.1, -0.05) is 40.2 Å². The van der Waals surface area contributed by atoms with Crippen LogP contribution in [-0.4, -0.2) is 18.4 Å². The summed E-state index contributed by atoms with van der Waals surface area (Å²) < 4.78 is 0.903. The Morgan fingerprint density at radius 2 is 1.82 bits per heavy atom. The second-order valence-corrected chi connectivity index (χ2v) is 5.81. The van der Waals surface area contributed by atoms with E-state index >= 15 is 0 Å². The molecule has 0 radical (unpaired) electrons. The van der Waals surface area contributed by atoms with E-state index in [-0.39, 0.29) is 18.4 Å². The standard InChI is InChI=1S/C17H17BrN2O2/c1-12-8-9-15(10-16(12)18)20(13(2)21)11-17(22)19-14-6-4-3-5-7-14/h3-10H,11H2,1-2H3,(H,19,22). The minimum absolute atomic E-state index is 0.0280. The van der Waals surface area contributed by atoms with Crippen molar-refractivity contribution in [1.29, 1.82) is 0 Å². The van der Waals surface area contributed by atoms with E-state index < -0.39 is 0 Å². The first-order valence-electron chi connectivity index (χ1n) is 6.86. The van der Waals surface area contributed by atoms with Crippen molar-refractivity contribution in [3.63, 3.8) is 0 Å². The van der Waals surface area contributed by atoms with Crippen LogP contribution in [0.25, 0.3) is 0 Å². The van der Waals surface area contributed by atoms with Crippen molar-refractivity contribution < 1.29 is 9.59 Å². The predicted octanol–water partition coefficient (Wildman–Crippen LogP) is 3.75. The number of halogens is 1. The number of benzene rings is 2. The van der Waals surface area contributed by atoms with E-state index in [1.165, 1.54) is 11.8 Å². The number of para-hydroxylation sites is 1. The topological polar surface area (TPSA) is 49.4 Å². The van der Waals surface area contributed by atoms with Crippen LogP contribution in [0.2, 0.25) is 0 Å². The molecule has 0 saturated heterocycles. The maximum absolute atomic E-state index is 12.1. The van der Waals surface area contributed by atoms with Gasteiger partial charge < -0.3 is 10.2 Å². The van der Waals surface area contributed by atoms with Crippen molar-refractivity contribution in [2.45, 2.75) is 13.8 Å². The summed E-state index contributed by atoms with van der Waals surface area (Å²) in [4.78, 5) is 25.4. The van der Waals surface area contributed by atoms with E-state index in [0.717, 1.165) is 10.0 Å². The lowest BCUT2D eigenvalue weighted by Crippen LogP contribution is -2.36. The van der Waals surface area contributed by atoms with Gasteiger partial charge in [-0.3, -0.25) is 9.59 Å². The van der Waals surface area contributed by atoms with E-state index in [2.05, 4.69) is 21.2 Å². The molecule has 2 aromatic rings. The van der Waals surface area contributed by atoms with Crippen LogP contribution in [0.15, 0.2) is 53.0 Å². The summed E-state index contributed by atoms with van der Waals surface area (Å²) in [5.74, 6) is -0.419. The number of nitrogens with zero attached hydrogens (tertiary/aromatic N) is 1. The molecule has 4 nitrogen and oxygen atoms in total. The van der Waals surface area contributed by atoms with Gasteiger partial charge in [0.05, 0.1) is 0 Å². The summed E-state index contributed by atoms with van der Waals surface area (Å²) in [6.45, 7) is 3.39. The summed E-state index contributed by atoms with van der Waals surface area (Å²) in [5, 5.41) is 2.78. The Hall–Kier alpha value is -2.14. The normalized spacial score (nSPS) is 10.1. The molecule has 5 heteroatoms. The molecular weight excluding hydrogens is 344 g/mol. The predicted molar refractivity (Wildman–Crippen MR) is 92.0 cm³/mol. The van der Waals surface area contributed by atoms with Crippen LogP contribution in [0, 0.1) is 6.92 Å². The van der Waals surface area contributed by atoms with Gasteiger partial charge in [0.25, 0.3) is 0 Å². The third-order valence-corrected chi connectivity index (χ3v) is 4.06. The lowest BCUT2D eigenvalue weighted by atomic mass is 10.2. The average Bonchev–Trinajstić information content (AvgIpc) is 2.48. The number of hydrogen-bond donors (Lipinski definition) is 1. The fraction of sp³-hybridized carbons (Fsp3) is 0.176. The Bertz CT molecular complexity index is 686. The van der Waals surface area contributed by atoms with Gasteiger partial charge in [-0.15, -0.1) is 0 Å². The third-order valence-electron chi connectivity index (χ3n) is 3.21. The molecule has 22 heavy (non-hydrogen) atoms. The van der Waals surface area contributed by atoms with Crippen LogP contribution in [0.1, 0.15) is 12.5 Å². The first kappa shape index (κ1) is 16.2. The third kappa shape index (κ3) is 4.18. The zero-order valence-corrected chi connectivity index (χ0v) is 14.1. The Morgan fingerprint density at radius 1 is 1.14 bits per heavy atom. The number of carbonyl (C=O) groups excluding carboxylic acids is 2. The minimum atomic E-state index is -0.238. The molecule has 0 fully saturated rings. The van der Waals surface area contributed by atoms with E-state index in [1.54, 1.807) is 12.1 Å². The molecule has 2 aromatic carbocycles. The molecule has 1 N–H and O–H groups in total. The summed E-state index contributed by atoms with van der Waals surface area (Å²) >= 11 is 3.44. The maximum atomic E-state index is 12.1. The monoisotopic (exact) mass is 360 g/mol. The van der Waals surface area contributed by atoms with E-state index in [1.807, 2.05) is 43.3 Å². The van der Waals surface area contributed by atoms with Crippen LogP contribution in [0.4, 0.5) is 11.4 Å². The number of carbonyl (C=O) groups is 2. The smallest absolute Gasteiger partial charge is 0.244 e. The fourth-order valence-corrected chi connectivity index (χ4v) is 2.37. The van der Waals surface area contributed by atoms with Gasteiger partial charge in [-0.25, -0.2) is 0 Å². The van der Waals surface area contributed by atoms with E-state index in [9.17, 15) is 9.59 Å². The molecule has 0 aliphatic rings. The molecular formula is C17H17BrN2O2. The Labute approximate surface area is 138 Å². The van der Waals surface area contributed by atoms with Crippen molar-refractivity contribution in [2.75, 3.05) is 16.8 Å². The Kier molecular flexibility index (Phi) is 5.33. The summed E-state index contributed by atoms with van der Waals surface area (Å²) in [7, 11) is 0. The lowest BCUT2D eigenvalue weighted by molar-refractivity contribution is -0.120. The molecule has 0 bridgehead atoms. The van der Waals surface area contributed by atoms with Crippen molar-refractivity contribution >= 4 is 39.1 Å². The van der Waals surface area contributed by atoms with Crippen molar-refractivity contribution in [2.24, 2.45) is 0 Å². The number of hydrogen-bond acceptors (Lipinski definition) is 2. The summed E-state index contributed by atoms with van der Waals surface area (Å²) in [5.41, 5.74) is 2.47. The van der Waals surface area contributed by atoms with Crippen LogP contribution < -0.4 is 10.2 Å². The van der Waals surface area contributed by atoms with Gasteiger partial charge in [-0.05, 0) is 36.8 Å².